The zero-order valence-electron chi connectivity index (χ0n) is 68.8. The average molecular weight is 1530 g/mol. The van der Waals surface area contributed by atoms with Crippen molar-refractivity contribution in [3.8, 4) is 111 Å². The summed E-state index contributed by atoms with van der Waals surface area (Å²) >= 11 is 0. The Kier molecular flexibility index (Phi) is 15.1. The molecule has 0 aliphatic heterocycles. The Morgan fingerprint density at radius 2 is 0.342 bits per heavy atom. The summed E-state index contributed by atoms with van der Waals surface area (Å²) in [6.45, 7) is 19.0. The van der Waals surface area contributed by atoms with Crippen molar-refractivity contribution in [2.45, 2.75) is 77.0 Å². The fourth-order valence-electron chi connectivity index (χ4n) is 22.5. The van der Waals surface area contributed by atoms with Crippen LogP contribution in [0.1, 0.15) is 99.9 Å². The standard InChI is InChI=1S/C62H44.C58H42/c1-61(2)56-23-13-11-20-47(56)49-27-25-39(34-58(49)61)41-29-42(40-26-28-50-48-21-12-14-24-57(48)62(3,4)59(50)35-40)31-43(30-41)52-36-55-45-18-8-7-17-44(45)53-32-37-15-5-6-16-38(37)33-54(53)60(55)51-22-10-9-19-46(51)52;1-57(2)52-23-13-11-19-44(52)46-27-25-35(32-54(46)57)37-29-38(36-26-28-47-45-20-12-14-24-53(45)58(3,4)55(47)33-36)31-39(30-37)50-34-51-42-17-6-5-15-40(42)41-16-7-9-21-48(41)56(51)49-22-10-8-18-43(49)50/h5-36H,1-4H3;5-34H,1-4H3. The normalized spacial score (nSPS) is 14.4. The molecule has 0 bridgehead atoms. The lowest BCUT2D eigenvalue weighted by Gasteiger charge is -2.23. The summed E-state index contributed by atoms with van der Waals surface area (Å²) in [5.41, 5.74) is 36.5. The quantitative estimate of drug-likeness (QED) is 0.115. The molecule has 0 unspecified atom stereocenters. The van der Waals surface area contributed by atoms with E-state index in [-0.39, 0.29) is 21.7 Å². The van der Waals surface area contributed by atoms with Crippen LogP contribution in [-0.4, -0.2) is 0 Å². The Labute approximate surface area is 701 Å². The summed E-state index contributed by atoms with van der Waals surface area (Å²) in [5, 5.41) is 23.3. The smallest absolute Gasteiger partial charge is 0.0159 e. The van der Waals surface area contributed by atoms with Gasteiger partial charge in [0.2, 0.25) is 0 Å². The van der Waals surface area contributed by atoms with Crippen molar-refractivity contribution in [3.05, 3.63) is 421 Å². The van der Waals surface area contributed by atoms with Crippen LogP contribution in [-0.2, 0) is 21.7 Å². The average Bonchev–Trinajstić information content (AvgIpc) is 1.35. The third kappa shape index (κ3) is 10.2. The molecule has 0 saturated carbocycles. The van der Waals surface area contributed by atoms with Crippen LogP contribution in [0.5, 0.6) is 0 Å². The maximum absolute atomic E-state index is 2.50. The second-order valence-electron chi connectivity index (χ2n) is 36.5. The van der Waals surface area contributed by atoms with E-state index in [2.05, 4.69) is 432 Å². The van der Waals surface area contributed by atoms with Crippen LogP contribution in [0, 0.1) is 0 Å². The molecule has 21 aromatic carbocycles. The lowest BCUT2D eigenvalue weighted by atomic mass is 9.80. The highest BCUT2D eigenvalue weighted by Crippen LogP contribution is 2.57. The van der Waals surface area contributed by atoms with Gasteiger partial charge in [0.15, 0.2) is 0 Å². The zero-order valence-corrected chi connectivity index (χ0v) is 68.8. The lowest BCUT2D eigenvalue weighted by Crippen LogP contribution is -2.15. The Morgan fingerprint density at radius 3 is 0.675 bits per heavy atom. The highest BCUT2D eigenvalue weighted by atomic mass is 14.4. The first-order valence-corrected chi connectivity index (χ1v) is 42.7. The fraction of sp³-hybridized carbons (Fsp3) is 0.100. The van der Waals surface area contributed by atoms with Crippen molar-refractivity contribution < 1.29 is 0 Å². The second-order valence-corrected chi connectivity index (χ2v) is 36.5. The van der Waals surface area contributed by atoms with Gasteiger partial charge in [-0.15, -0.1) is 0 Å². The molecule has 0 fully saturated rings. The summed E-state index contributed by atoms with van der Waals surface area (Å²) < 4.78 is 0. The molecular formula is C120H86. The summed E-state index contributed by atoms with van der Waals surface area (Å²) in [7, 11) is 0. The maximum atomic E-state index is 2.50. The van der Waals surface area contributed by atoms with Crippen molar-refractivity contribution in [1.82, 2.24) is 0 Å². The topological polar surface area (TPSA) is 0 Å². The summed E-state index contributed by atoms with van der Waals surface area (Å²) in [6.07, 6.45) is 0. The van der Waals surface area contributed by atoms with E-state index in [4.69, 9.17) is 0 Å². The van der Waals surface area contributed by atoms with Gasteiger partial charge in [-0.2, -0.15) is 0 Å². The van der Waals surface area contributed by atoms with E-state index >= 15 is 0 Å². The molecule has 25 rings (SSSR count). The van der Waals surface area contributed by atoms with E-state index in [9.17, 15) is 0 Å². The van der Waals surface area contributed by atoms with Crippen LogP contribution < -0.4 is 0 Å². The van der Waals surface area contributed by atoms with Gasteiger partial charge in [-0.05, 0) is 338 Å². The van der Waals surface area contributed by atoms with Crippen LogP contribution in [0.3, 0.4) is 0 Å². The second kappa shape index (κ2) is 25.7. The van der Waals surface area contributed by atoms with Gasteiger partial charge in [0, 0.05) is 21.7 Å². The van der Waals surface area contributed by atoms with Crippen LogP contribution in [0.15, 0.2) is 376 Å². The van der Waals surface area contributed by atoms with E-state index in [1.807, 2.05) is 0 Å². The number of fused-ring (bicyclic) bond motifs is 29. The minimum Gasteiger partial charge on any atom is -0.0619 e. The van der Waals surface area contributed by atoms with Gasteiger partial charge in [0.05, 0.1) is 0 Å². The minimum absolute atomic E-state index is 0.0820. The molecule has 120 heavy (non-hydrogen) atoms. The molecule has 0 aromatic heterocycles. The molecule has 566 valence electrons. The summed E-state index contributed by atoms with van der Waals surface area (Å²) in [4.78, 5) is 0. The number of benzene rings is 21. The van der Waals surface area contributed by atoms with Gasteiger partial charge in [0.25, 0.3) is 0 Å². The number of hydrogen-bond acceptors (Lipinski definition) is 0. The van der Waals surface area contributed by atoms with E-state index in [1.165, 1.54) is 253 Å². The first-order chi connectivity index (χ1) is 58.5. The molecule has 0 radical (unpaired) electrons. The fourth-order valence-corrected chi connectivity index (χ4v) is 22.5. The molecule has 4 aliphatic rings. The molecule has 0 saturated heterocycles. The third-order valence-electron chi connectivity index (χ3n) is 28.6. The highest BCUT2D eigenvalue weighted by molar-refractivity contribution is 6.35. The molecule has 0 N–H and O–H groups in total. The Bertz CT molecular complexity index is 7830. The predicted molar refractivity (Wildman–Crippen MR) is 513 cm³/mol. The van der Waals surface area contributed by atoms with Crippen LogP contribution in [0.4, 0.5) is 0 Å². The summed E-state index contributed by atoms with van der Waals surface area (Å²) in [5.74, 6) is 0. The highest BCUT2D eigenvalue weighted by Gasteiger charge is 2.40. The van der Waals surface area contributed by atoms with Gasteiger partial charge in [-0.3, -0.25) is 0 Å². The molecule has 0 heterocycles. The largest absolute Gasteiger partial charge is 0.0619 e. The zero-order chi connectivity index (χ0) is 80.4. The molecule has 21 aromatic rings. The van der Waals surface area contributed by atoms with Crippen LogP contribution in [0.25, 0.3) is 208 Å². The van der Waals surface area contributed by atoms with Crippen LogP contribution >= 0.6 is 0 Å². The molecular weight excluding hydrogens is 1440 g/mol. The first-order valence-electron chi connectivity index (χ1n) is 42.7. The Balaban J connectivity index is 0.000000137. The van der Waals surface area contributed by atoms with Gasteiger partial charge in [-0.1, -0.05) is 347 Å². The van der Waals surface area contributed by atoms with E-state index in [0.29, 0.717) is 0 Å². The number of hydrogen-bond donors (Lipinski definition) is 0. The monoisotopic (exact) mass is 1530 g/mol. The van der Waals surface area contributed by atoms with Gasteiger partial charge in [-0.25, -0.2) is 0 Å². The molecule has 0 atom stereocenters. The van der Waals surface area contributed by atoms with Gasteiger partial charge in [0.1, 0.15) is 0 Å². The van der Waals surface area contributed by atoms with Crippen molar-refractivity contribution in [1.29, 1.82) is 0 Å². The minimum atomic E-state index is -0.0906. The molecule has 0 nitrogen and oxygen atoms in total. The molecule has 4 aliphatic carbocycles. The van der Waals surface area contributed by atoms with Gasteiger partial charge >= 0.3 is 0 Å². The van der Waals surface area contributed by atoms with Gasteiger partial charge < -0.3 is 0 Å². The van der Waals surface area contributed by atoms with E-state index in [0.717, 1.165) is 0 Å². The van der Waals surface area contributed by atoms with Crippen molar-refractivity contribution in [2.75, 3.05) is 0 Å². The molecule has 0 heteroatoms. The molecule has 0 spiro atoms. The van der Waals surface area contributed by atoms with E-state index in [1.54, 1.807) is 0 Å². The predicted octanol–water partition coefficient (Wildman–Crippen LogP) is 33.0. The van der Waals surface area contributed by atoms with E-state index < -0.39 is 0 Å². The molecule has 0 amide bonds. The lowest BCUT2D eigenvalue weighted by molar-refractivity contribution is 0.660. The Morgan fingerprint density at radius 1 is 0.125 bits per heavy atom. The van der Waals surface area contributed by atoms with Crippen molar-refractivity contribution in [2.24, 2.45) is 0 Å². The van der Waals surface area contributed by atoms with Crippen molar-refractivity contribution >= 4 is 97.0 Å². The number of rotatable bonds is 6. The maximum Gasteiger partial charge on any atom is 0.0159 e. The SMILES string of the molecule is CC1(C)c2ccccc2-c2ccc(-c3cc(-c4ccc5c(c4)C(C)(C)c4ccccc4-5)cc(-c4cc5c6ccccc6c6cc7ccccc7cc6c5c5ccccc45)c3)cc21.CC1(C)c2ccccc2-c2ccc(-c3cc(-c4ccc5c(c4)C(C)(C)c4ccccc4-5)cc(-c4cc5c6ccccc6c6ccccc6c5c5ccccc45)c3)cc21. The van der Waals surface area contributed by atoms with Crippen molar-refractivity contribution in [3.63, 3.8) is 0 Å². The van der Waals surface area contributed by atoms with Crippen LogP contribution in [0.2, 0.25) is 0 Å². The Hall–Kier alpha value is -14.0. The third-order valence-corrected chi connectivity index (χ3v) is 28.6. The first kappa shape index (κ1) is 70.2. The summed E-state index contributed by atoms with van der Waals surface area (Å²) in [6, 6.07) is 143.